The summed E-state index contributed by atoms with van der Waals surface area (Å²) < 4.78 is 15.1. The van der Waals surface area contributed by atoms with E-state index >= 15 is 0 Å². The van der Waals surface area contributed by atoms with Crippen molar-refractivity contribution in [3.63, 3.8) is 0 Å². The zero-order valence-electron chi connectivity index (χ0n) is 7.64. The molecule has 80 valence electrons. The Balaban J connectivity index is 3.40. The van der Waals surface area contributed by atoms with Crippen LogP contribution in [-0.2, 0) is 9.09 Å². The van der Waals surface area contributed by atoms with Crippen LogP contribution in [0.5, 0.6) is 0 Å². The van der Waals surface area contributed by atoms with E-state index in [-0.39, 0.29) is 12.6 Å². The monoisotopic (exact) mass is 228 g/mol. The van der Waals surface area contributed by atoms with Crippen molar-refractivity contribution < 1.29 is 14.0 Å². The van der Waals surface area contributed by atoms with Crippen molar-refractivity contribution >= 4 is 19.0 Å². The summed E-state index contributed by atoms with van der Waals surface area (Å²) >= 11 is 3.36. The van der Waals surface area contributed by atoms with Crippen molar-refractivity contribution in [2.24, 2.45) is 5.73 Å². The Kier molecular flexibility index (Phi) is 7.03. The van der Waals surface area contributed by atoms with Crippen LogP contribution in [0.3, 0.4) is 0 Å². The van der Waals surface area contributed by atoms with Crippen LogP contribution >= 0.6 is 19.0 Å². The van der Waals surface area contributed by atoms with Gasteiger partial charge in [-0.3, -0.25) is 4.52 Å². The van der Waals surface area contributed by atoms with Crippen LogP contribution in [0.1, 0.15) is 12.8 Å². The molecule has 0 radical (unpaired) electrons. The summed E-state index contributed by atoms with van der Waals surface area (Å²) in [6.07, 6.45) is 1.68. The highest BCUT2D eigenvalue weighted by molar-refractivity contribution is 8.44. The predicted molar refractivity (Wildman–Crippen MR) is 55.9 cm³/mol. The predicted octanol–water partition coefficient (Wildman–Crippen LogP) is 0.360. The molecule has 0 aliphatic heterocycles. The summed E-state index contributed by atoms with van der Waals surface area (Å²) in [5, 5.41) is 2.98. The minimum Gasteiger partial charge on any atom is -0.326 e. The van der Waals surface area contributed by atoms with Crippen LogP contribution in [0.25, 0.3) is 0 Å². The zero-order chi connectivity index (χ0) is 10.3. The Bertz CT molecular complexity index is 175. The van der Waals surface area contributed by atoms with Crippen molar-refractivity contribution in [3.05, 3.63) is 0 Å². The number of nitrogens with one attached hydrogen (secondary N) is 1. The molecule has 0 bridgehead atoms. The summed E-state index contributed by atoms with van der Waals surface area (Å²) in [5.41, 5.74) is 5.60. The van der Waals surface area contributed by atoms with Gasteiger partial charge in [-0.25, -0.2) is 4.57 Å². The Morgan fingerprint density at radius 3 is 2.85 bits per heavy atom. The van der Waals surface area contributed by atoms with Crippen molar-refractivity contribution in [2.45, 2.75) is 18.9 Å². The molecule has 5 nitrogen and oxygen atoms in total. The highest BCUT2D eigenvalue weighted by Gasteiger charge is 2.13. The lowest BCUT2D eigenvalue weighted by Gasteiger charge is -2.12. The van der Waals surface area contributed by atoms with Crippen molar-refractivity contribution in [2.75, 3.05) is 20.2 Å². The second-order valence-corrected chi connectivity index (χ2v) is 5.55. The molecule has 0 spiro atoms. The molecule has 0 rings (SSSR count). The maximum Gasteiger partial charge on any atom is 0.383 e. The van der Waals surface area contributed by atoms with Crippen molar-refractivity contribution in [1.82, 2.24) is 5.32 Å². The summed E-state index contributed by atoms with van der Waals surface area (Å²) in [4.78, 5) is 8.67. The standard InChI is InChI=1S/C6H17N2O3PS/c1-8-4-2-3-6(7)5-11-12(9,10)13/h6,8H,2-5,7H2,1H3,(H2,9,10,13)/t6-/m0/s1. The lowest BCUT2D eigenvalue weighted by Crippen LogP contribution is -2.26. The van der Waals surface area contributed by atoms with E-state index in [0.29, 0.717) is 0 Å². The summed E-state index contributed by atoms with van der Waals surface area (Å²) in [7, 11) is 1.86. The largest absolute Gasteiger partial charge is 0.383 e. The first kappa shape index (κ1) is 13.4. The van der Waals surface area contributed by atoms with Crippen LogP contribution < -0.4 is 11.1 Å². The number of hydrogen-bond donors (Lipinski definition) is 4. The van der Waals surface area contributed by atoms with Gasteiger partial charge in [-0.1, -0.05) is 12.2 Å². The molecule has 0 aliphatic carbocycles. The third-order valence-corrected chi connectivity index (χ3v) is 2.29. The van der Waals surface area contributed by atoms with Gasteiger partial charge in [0.1, 0.15) is 0 Å². The molecule has 7 heteroatoms. The van der Waals surface area contributed by atoms with Gasteiger partial charge in [0, 0.05) is 6.04 Å². The highest BCUT2D eigenvalue weighted by Crippen LogP contribution is 2.46. The van der Waals surface area contributed by atoms with E-state index in [0.717, 1.165) is 19.4 Å². The smallest absolute Gasteiger partial charge is 0.326 e. The molecule has 0 aromatic rings. The first-order valence-corrected chi connectivity index (χ1v) is 6.79. The lowest BCUT2D eigenvalue weighted by atomic mass is 10.2. The van der Waals surface area contributed by atoms with Gasteiger partial charge in [0.25, 0.3) is 0 Å². The molecule has 4 N–H and O–H groups in total. The van der Waals surface area contributed by atoms with Gasteiger partial charge < -0.3 is 15.9 Å². The van der Waals surface area contributed by atoms with Crippen LogP contribution in [0, 0.1) is 0 Å². The third-order valence-electron chi connectivity index (χ3n) is 1.46. The van der Waals surface area contributed by atoms with Gasteiger partial charge in [-0.2, -0.15) is 0 Å². The van der Waals surface area contributed by atoms with Crippen LogP contribution in [-0.4, -0.2) is 31.1 Å². The van der Waals surface area contributed by atoms with Gasteiger partial charge in [-0.05, 0) is 26.4 Å². The van der Waals surface area contributed by atoms with Gasteiger partial charge in [0.2, 0.25) is 0 Å². The molecule has 1 unspecified atom stereocenters. The van der Waals surface area contributed by atoms with E-state index in [1.807, 2.05) is 7.05 Å². The van der Waals surface area contributed by atoms with E-state index in [1.54, 1.807) is 0 Å². The van der Waals surface area contributed by atoms with E-state index in [1.165, 1.54) is 0 Å². The molecule has 0 heterocycles. The molecule has 13 heavy (non-hydrogen) atoms. The van der Waals surface area contributed by atoms with E-state index in [4.69, 9.17) is 10.6 Å². The first-order chi connectivity index (χ1) is 5.95. The zero-order valence-corrected chi connectivity index (χ0v) is 9.43. The maximum atomic E-state index is 10.6. The molecule has 0 saturated carbocycles. The van der Waals surface area contributed by atoms with Crippen LogP contribution in [0.2, 0.25) is 0 Å². The molecule has 2 atom stereocenters. The number of thiol groups is 1. The minimum absolute atomic E-state index is 0.0704. The second-order valence-electron chi connectivity index (χ2n) is 2.79. The molecule has 0 saturated heterocycles. The summed E-state index contributed by atoms with van der Waals surface area (Å²) in [6.45, 7) is -2.71. The number of rotatable bonds is 7. The fourth-order valence-corrected chi connectivity index (χ4v) is 1.40. The average molecular weight is 228 g/mol. The Labute approximate surface area is 83.7 Å². The van der Waals surface area contributed by atoms with Crippen molar-refractivity contribution in [3.8, 4) is 0 Å². The summed E-state index contributed by atoms with van der Waals surface area (Å²) in [5.74, 6) is 0. The molecule has 0 aliphatic rings. The van der Waals surface area contributed by atoms with Gasteiger partial charge in [0.05, 0.1) is 6.61 Å². The molecule has 0 aromatic carbocycles. The normalized spacial score (nSPS) is 18.2. The topological polar surface area (TPSA) is 84.6 Å². The van der Waals surface area contributed by atoms with Crippen molar-refractivity contribution in [1.29, 1.82) is 0 Å². The molecular formula is C6H17N2O3PS. The highest BCUT2D eigenvalue weighted by atomic mass is 32.7. The Hall–Kier alpha value is 0.420. The van der Waals surface area contributed by atoms with E-state index in [2.05, 4.69) is 22.1 Å². The summed E-state index contributed by atoms with van der Waals surface area (Å²) in [6, 6.07) is -0.207. The fraction of sp³-hybridized carbons (Fsp3) is 1.00. The number of nitrogens with two attached hydrogens (primary N) is 1. The quantitative estimate of drug-likeness (QED) is 0.287. The Morgan fingerprint density at radius 2 is 2.38 bits per heavy atom. The maximum absolute atomic E-state index is 10.6. The SMILES string of the molecule is CNCCC[C@H](N)COP(=O)(O)S. The fourth-order valence-electron chi connectivity index (χ4n) is 0.817. The first-order valence-electron chi connectivity index (χ1n) is 4.06. The molecule has 0 fully saturated rings. The molecular weight excluding hydrogens is 211 g/mol. The van der Waals surface area contributed by atoms with Crippen LogP contribution in [0.4, 0.5) is 0 Å². The third kappa shape index (κ3) is 10.3. The Morgan fingerprint density at radius 1 is 1.77 bits per heavy atom. The number of hydrogen-bond acceptors (Lipinski definition) is 4. The second kappa shape index (κ2) is 6.81. The van der Waals surface area contributed by atoms with Gasteiger partial charge in [-0.15, -0.1) is 0 Å². The van der Waals surface area contributed by atoms with E-state index < -0.39 is 6.80 Å². The van der Waals surface area contributed by atoms with Gasteiger partial charge >= 0.3 is 6.80 Å². The molecule has 0 amide bonds. The van der Waals surface area contributed by atoms with Crippen LogP contribution in [0.15, 0.2) is 0 Å². The van der Waals surface area contributed by atoms with E-state index in [9.17, 15) is 4.57 Å². The molecule has 0 aromatic heterocycles. The average Bonchev–Trinajstić information content (AvgIpc) is 2.00. The van der Waals surface area contributed by atoms with Gasteiger partial charge in [0.15, 0.2) is 0 Å². The lowest BCUT2D eigenvalue weighted by molar-refractivity contribution is 0.251. The minimum atomic E-state index is -3.66.